The van der Waals surface area contributed by atoms with Crippen LogP contribution in [0.5, 0.6) is 5.75 Å². The van der Waals surface area contributed by atoms with Crippen molar-refractivity contribution in [3.05, 3.63) is 29.6 Å². The van der Waals surface area contributed by atoms with Crippen LogP contribution in [0.2, 0.25) is 0 Å². The first kappa shape index (κ1) is 15.5. The van der Waals surface area contributed by atoms with E-state index < -0.39 is 11.5 Å². The number of halogens is 1. The van der Waals surface area contributed by atoms with Crippen LogP contribution in [0, 0.1) is 11.7 Å². The zero-order chi connectivity index (χ0) is 14.6. The van der Waals surface area contributed by atoms with Crippen LogP contribution < -0.4 is 4.74 Å². The number of carbonyl (C=O) groups is 1. The average Bonchev–Trinajstić information content (AvgIpc) is 2.29. The number of carbonyl (C=O) groups excluding carboxylic acids is 1. The molecule has 0 aliphatic heterocycles. The summed E-state index contributed by atoms with van der Waals surface area (Å²) in [4.78, 5) is 11.9. The van der Waals surface area contributed by atoms with Crippen molar-refractivity contribution < 1.29 is 18.7 Å². The molecule has 0 aliphatic rings. The standard InChI is InChI=1S/C15H21FO3/c1-10(14(17)19-15(2,3)4)8-11-9-12(18-5)6-7-13(11)16/h6-7,9-10H,8H2,1-5H3/t10-/m0/s1. The highest BCUT2D eigenvalue weighted by molar-refractivity contribution is 5.72. The van der Waals surface area contributed by atoms with E-state index in [0.29, 0.717) is 11.3 Å². The van der Waals surface area contributed by atoms with Crippen LogP contribution >= 0.6 is 0 Å². The third kappa shape index (κ3) is 4.89. The lowest BCUT2D eigenvalue weighted by Gasteiger charge is -2.22. The van der Waals surface area contributed by atoms with E-state index in [2.05, 4.69) is 0 Å². The Kier molecular flexibility index (Phi) is 4.92. The highest BCUT2D eigenvalue weighted by Gasteiger charge is 2.22. The van der Waals surface area contributed by atoms with E-state index in [4.69, 9.17) is 9.47 Å². The van der Waals surface area contributed by atoms with Crippen molar-refractivity contribution >= 4 is 5.97 Å². The van der Waals surface area contributed by atoms with E-state index in [-0.39, 0.29) is 18.2 Å². The molecule has 3 nitrogen and oxygen atoms in total. The van der Waals surface area contributed by atoms with Crippen molar-refractivity contribution in [1.82, 2.24) is 0 Å². The zero-order valence-electron chi connectivity index (χ0n) is 12.1. The number of benzene rings is 1. The summed E-state index contributed by atoms with van der Waals surface area (Å²) >= 11 is 0. The summed E-state index contributed by atoms with van der Waals surface area (Å²) in [5.41, 5.74) is -0.0733. The minimum absolute atomic E-state index is 0.290. The Balaban J connectivity index is 2.76. The minimum Gasteiger partial charge on any atom is -0.497 e. The van der Waals surface area contributed by atoms with Crippen molar-refractivity contribution in [2.24, 2.45) is 5.92 Å². The van der Waals surface area contributed by atoms with Gasteiger partial charge >= 0.3 is 5.97 Å². The highest BCUT2D eigenvalue weighted by Crippen LogP contribution is 2.21. The van der Waals surface area contributed by atoms with E-state index in [0.717, 1.165) is 0 Å². The summed E-state index contributed by atoms with van der Waals surface area (Å²) in [5, 5.41) is 0. The van der Waals surface area contributed by atoms with E-state index >= 15 is 0 Å². The molecule has 106 valence electrons. The van der Waals surface area contributed by atoms with Gasteiger partial charge in [0.1, 0.15) is 17.2 Å². The molecule has 1 aromatic rings. The third-order valence-electron chi connectivity index (χ3n) is 2.59. The lowest BCUT2D eigenvalue weighted by molar-refractivity contribution is -0.159. The van der Waals surface area contributed by atoms with E-state index in [1.54, 1.807) is 19.1 Å². The molecular weight excluding hydrogens is 247 g/mol. The molecule has 0 N–H and O–H groups in total. The van der Waals surface area contributed by atoms with Crippen molar-refractivity contribution in [1.29, 1.82) is 0 Å². The highest BCUT2D eigenvalue weighted by atomic mass is 19.1. The van der Waals surface area contributed by atoms with Gasteiger partial charge in [0.25, 0.3) is 0 Å². The van der Waals surface area contributed by atoms with Gasteiger partial charge in [0.05, 0.1) is 13.0 Å². The Morgan fingerprint density at radius 3 is 2.53 bits per heavy atom. The molecule has 0 saturated carbocycles. The number of hydrogen-bond acceptors (Lipinski definition) is 3. The molecule has 0 bridgehead atoms. The molecule has 1 aromatic carbocycles. The average molecular weight is 268 g/mol. The summed E-state index contributed by atoms with van der Waals surface area (Å²) in [6.07, 6.45) is 0.290. The summed E-state index contributed by atoms with van der Waals surface area (Å²) in [7, 11) is 1.52. The molecular formula is C15H21FO3. The Hall–Kier alpha value is -1.58. The zero-order valence-corrected chi connectivity index (χ0v) is 12.1. The molecule has 0 heterocycles. The summed E-state index contributed by atoms with van der Waals surface area (Å²) in [6.45, 7) is 7.16. The SMILES string of the molecule is COc1ccc(F)c(C[C@H](C)C(=O)OC(C)(C)C)c1. The first-order chi connectivity index (χ1) is 8.73. The second-order valence-electron chi connectivity index (χ2n) is 5.60. The first-order valence-electron chi connectivity index (χ1n) is 6.28. The van der Waals surface area contributed by atoms with Crippen molar-refractivity contribution in [2.75, 3.05) is 7.11 Å². The number of methoxy groups -OCH3 is 1. The normalized spacial score (nSPS) is 12.9. The second-order valence-corrected chi connectivity index (χ2v) is 5.60. The fraction of sp³-hybridized carbons (Fsp3) is 0.533. The molecule has 1 rings (SSSR count). The van der Waals surface area contributed by atoms with Gasteiger partial charge in [0, 0.05) is 0 Å². The monoisotopic (exact) mass is 268 g/mol. The van der Waals surface area contributed by atoms with Gasteiger partial charge in [0.2, 0.25) is 0 Å². The molecule has 0 unspecified atom stereocenters. The molecule has 1 atom stereocenters. The molecule has 0 amide bonds. The van der Waals surface area contributed by atoms with Crippen LogP contribution in [0.15, 0.2) is 18.2 Å². The fourth-order valence-electron chi connectivity index (χ4n) is 1.65. The lowest BCUT2D eigenvalue weighted by atomic mass is 10.00. The van der Waals surface area contributed by atoms with Crippen molar-refractivity contribution in [3.63, 3.8) is 0 Å². The van der Waals surface area contributed by atoms with Crippen molar-refractivity contribution in [2.45, 2.75) is 39.7 Å². The predicted molar refractivity (Wildman–Crippen MR) is 71.7 cm³/mol. The predicted octanol–water partition coefficient (Wildman–Crippen LogP) is 3.35. The maximum atomic E-state index is 13.7. The summed E-state index contributed by atoms with van der Waals surface area (Å²) in [6, 6.07) is 4.50. The number of hydrogen-bond donors (Lipinski definition) is 0. The van der Waals surface area contributed by atoms with Gasteiger partial charge in [-0.25, -0.2) is 4.39 Å². The molecule has 0 aliphatic carbocycles. The molecule has 0 radical (unpaired) electrons. The molecule has 0 spiro atoms. The summed E-state index contributed by atoms with van der Waals surface area (Å²) in [5.74, 6) is -0.487. The summed E-state index contributed by atoms with van der Waals surface area (Å²) < 4.78 is 24.0. The molecule has 0 saturated heterocycles. The van der Waals surface area contributed by atoms with Gasteiger partial charge in [-0.15, -0.1) is 0 Å². The molecule has 0 aromatic heterocycles. The van der Waals surface area contributed by atoms with Crippen LogP contribution in [-0.2, 0) is 16.0 Å². The largest absolute Gasteiger partial charge is 0.497 e. The van der Waals surface area contributed by atoms with Crippen LogP contribution in [0.25, 0.3) is 0 Å². The quantitative estimate of drug-likeness (QED) is 0.785. The van der Waals surface area contributed by atoms with E-state index in [1.165, 1.54) is 13.2 Å². The smallest absolute Gasteiger partial charge is 0.309 e. The minimum atomic E-state index is -0.529. The number of ether oxygens (including phenoxy) is 2. The Bertz CT molecular complexity index is 449. The third-order valence-corrected chi connectivity index (χ3v) is 2.59. The van der Waals surface area contributed by atoms with Gasteiger partial charge in [-0.3, -0.25) is 4.79 Å². The molecule has 0 fully saturated rings. The Labute approximate surface area is 113 Å². The van der Waals surface area contributed by atoms with Gasteiger partial charge in [0.15, 0.2) is 0 Å². The topological polar surface area (TPSA) is 35.5 Å². The van der Waals surface area contributed by atoms with Crippen LogP contribution in [0.3, 0.4) is 0 Å². The fourth-order valence-corrected chi connectivity index (χ4v) is 1.65. The lowest BCUT2D eigenvalue weighted by Crippen LogP contribution is -2.28. The van der Waals surface area contributed by atoms with E-state index in [9.17, 15) is 9.18 Å². The Morgan fingerprint density at radius 2 is 2.00 bits per heavy atom. The maximum absolute atomic E-state index is 13.7. The second kappa shape index (κ2) is 6.04. The van der Waals surface area contributed by atoms with Gasteiger partial charge in [-0.1, -0.05) is 6.92 Å². The molecule has 4 heteroatoms. The molecule has 19 heavy (non-hydrogen) atoms. The first-order valence-corrected chi connectivity index (χ1v) is 6.28. The van der Waals surface area contributed by atoms with E-state index in [1.807, 2.05) is 20.8 Å². The van der Waals surface area contributed by atoms with Gasteiger partial charge in [-0.05, 0) is 51.0 Å². The van der Waals surface area contributed by atoms with Crippen LogP contribution in [0.1, 0.15) is 33.3 Å². The van der Waals surface area contributed by atoms with Gasteiger partial charge < -0.3 is 9.47 Å². The van der Waals surface area contributed by atoms with Gasteiger partial charge in [-0.2, -0.15) is 0 Å². The van der Waals surface area contributed by atoms with Crippen molar-refractivity contribution in [3.8, 4) is 5.75 Å². The number of esters is 1. The number of rotatable bonds is 4. The Morgan fingerprint density at radius 1 is 1.37 bits per heavy atom. The van der Waals surface area contributed by atoms with Crippen LogP contribution in [-0.4, -0.2) is 18.7 Å². The van der Waals surface area contributed by atoms with Crippen LogP contribution in [0.4, 0.5) is 4.39 Å². The maximum Gasteiger partial charge on any atom is 0.309 e.